The van der Waals surface area contributed by atoms with Crippen LogP contribution in [-0.2, 0) is 9.59 Å². The summed E-state index contributed by atoms with van der Waals surface area (Å²) >= 11 is 0. The monoisotopic (exact) mass is 347 g/mol. The number of hydrogen-bond acceptors (Lipinski definition) is 5. The molecule has 1 amide bonds. The molecule has 2 aliphatic rings. The lowest BCUT2D eigenvalue weighted by atomic mass is 10.1. The Morgan fingerprint density at radius 2 is 2.08 bits per heavy atom. The van der Waals surface area contributed by atoms with Crippen LogP contribution in [0, 0.1) is 17.3 Å². The number of carbonyl (C=O) groups is 2. The minimum atomic E-state index is -0.888. The SMILES string of the molecule is CN(C)c1ncccc1OC1CCN(C(=O)[C@@H]2[C@H](C(=O)O)C2(C)C)C1. The normalized spacial score (nSPS) is 27.0. The summed E-state index contributed by atoms with van der Waals surface area (Å²) < 4.78 is 6.06. The standard InChI is InChI=1S/C18H25N3O4/c1-18(2)13(14(18)17(23)24)16(22)21-9-7-11(10-21)25-12-6-5-8-19-15(12)20(3)4/h5-6,8,11,13-14H,7,9-10H2,1-4H3,(H,23,24)/t11?,13-,14+/m0/s1. The molecule has 3 rings (SSSR count). The summed E-state index contributed by atoms with van der Waals surface area (Å²) in [6.07, 6.45) is 2.35. The number of carboxylic acid groups (broad SMARTS) is 1. The van der Waals surface area contributed by atoms with Gasteiger partial charge in [0.25, 0.3) is 0 Å². The van der Waals surface area contributed by atoms with Gasteiger partial charge in [0.05, 0.1) is 18.4 Å². The van der Waals surface area contributed by atoms with Crippen LogP contribution in [0.2, 0.25) is 0 Å². The third-order valence-electron chi connectivity index (χ3n) is 5.28. The van der Waals surface area contributed by atoms with Gasteiger partial charge in [-0.2, -0.15) is 0 Å². The van der Waals surface area contributed by atoms with E-state index in [9.17, 15) is 14.7 Å². The topological polar surface area (TPSA) is 83.0 Å². The summed E-state index contributed by atoms with van der Waals surface area (Å²) in [5, 5.41) is 9.27. The summed E-state index contributed by atoms with van der Waals surface area (Å²) in [6, 6.07) is 3.70. The van der Waals surface area contributed by atoms with Gasteiger partial charge in [-0.05, 0) is 17.5 Å². The van der Waals surface area contributed by atoms with Crippen LogP contribution >= 0.6 is 0 Å². The molecule has 2 heterocycles. The molecule has 1 unspecified atom stereocenters. The van der Waals surface area contributed by atoms with Crippen LogP contribution in [0.15, 0.2) is 18.3 Å². The van der Waals surface area contributed by atoms with Crippen molar-refractivity contribution in [1.29, 1.82) is 0 Å². The van der Waals surface area contributed by atoms with Crippen LogP contribution in [-0.4, -0.2) is 60.2 Å². The van der Waals surface area contributed by atoms with Crippen LogP contribution < -0.4 is 9.64 Å². The first-order valence-corrected chi connectivity index (χ1v) is 8.54. The van der Waals surface area contributed by atoms with E-state index in [2.05, 4.69) is 4.98 Å². The van der Waals surface area contributed by atoms with Crippen molar-refractivity contribution in [2.24, 2.45) is 17.3 Å². The van der Waals surface area contributed by atoms with Gasteiger partial charge in [-0.3, -0.25) is 9.59 Å². The molecule has 0 aromatic carbocycles. The lowest BCUT2D eigenvalue weighted by Gasteiger charge is -2.20. The molecular weight excluding hydrogens is 322 g/mol. The average molecular weight is 347 g/mol. The smallest absolute Gasteiger partial charge is 0.307 e. The number of aliphatic carboxylic acids is 1. The molecule has 0 radical (unpaired) electrons. The second kappa shape index (κ2) is 6.20. The van der Waals surface area contributed by atoms with Crippen LogP contribution in [0.1, 0.15) is 20.3 Å². The van der Waals surface area contributed by atoms with Gasteiger partial charge < -0.3 is 19.6 Å². The van der Waals surface area contributed by atoms with E-state index in [-0.39, 0.29) is 12.0 Å². The van der Waals surface area contributed by atoms with E-state index in [1.807, 2.05) is 45.0 Å². The Morgan fingerprint density at radius 3 is 2.68 bits per heavy atom. The number of rotatable bonds is 5. The van der Waals surface area contributed by atoms with Crippen molar-refractivity contribution in [2.75, 3.05) is 32.1 Å². The largest absolute Gasteiger partial charge is 0.485 e. The van der Waals surface area contributed by atoms with E-state index in [1.165, 1.54) is 0 Å². The van der Waals surface area contributed by atoms with Crippen molar-refractivity contribution >= 4 is 17.7 Å². The molecule has 136 valence electrons. The Bertz CT molecular complexity index is 689. The van der Waals surface area contributed by atoms with E-state index in [0.717, 1.165) is 12.2 Å². The van der Waals surface area contributed by atoms with Crippen molar-refractivity contribution in [3.8, 4) is 5.75 Å². The summed E-state index contributed by atoms with van der Waals surface area (Å²) in [7, 11) is 3.81. The fourth-order valence-corrected chi connectivity index (χ4v) is 3.77. The van der Waals surface area contributed by atoms with Gasteiger partial charge in [-0.25, -0.2) is 4.98 Å². The summed E-state index contributed by atoms with van der Waals surface area (Å²) in [5.74, 6) is -0.523. The molecule has 0 bridgehead atoms. The number of likely N-dealkylation sites (tertiary alicyclic amines) is 1. The Hall–Kier alpha value is -2.31. The quantitative estimate of drug-likeness (QED) is 0.869. The zero-order valence-corrected chi connectivity index (χ0v) is 15.1. The molecule has 1 aromatic rings. The van der Waals surface area contributed by atoms with Gasteiger partial charge in [0.1, 0.15) is 6.10 Å². The highest BCUT2D eigenvalue weighted by atomic mass is 16.5. The average Bonchev–Trinajstić information content (AvgIpc) is 2.89. The molecule has 1 saturated heterocycles. The Balaban J connectivity index is 1.63. The number of pyridine rings is 1. The summed E-state index contributed by atoms with van der Waals surface area (Å²) in [4.78, 5) is 31.9. The van der Waals surface area contributed by atoms with Crippen LogP contribution in [0.25, 0.3) is 0 Å². The van der Waals surface area contributed by atoms with E-state index >= 15 is 0 Å². The molecule has 1 aromatic heterocycles. The van der Waals surface area contributed by atoms with Gasteiger partial charge in [0.15, 0.2) is 11.6 Å². The highest BCUT2D eigenvalue weighted by Crippen LogP contribution is 2.59. The van der Waals surface area contributed by atoms with E-state index in [1.54, 1.807) is 11.1 Å². The third-order valence-corrected chi connectivity index (χ3v) is 5.28. The predicted octanol–water partition coefficient (Wildman–Crippen LogP) is 1.48. The summed E-state index contributed by atoms with van der Waals surface area (Å²) in [5.41, 5.74) is -0.469. The number of aromatic nitrogens is 1. The molecule has 3 atom stereocenters. The summed E-state index contributed by atoms with van der Waals surface area (Å²) in [6.45, 7) is 4.77. The Morgan fingerprint density at radius 1 is 1.36 bits per heavy atom. The first kappa shape index (κ1) is 17.5. The predicted molar refractivity (Wildman–Crippen MR) is 92.6 cm³/mol. The molecule has 2 fully saturated rings. The minimum absolute atomic E-state index is 0.0671. The van der Waals surface area contributed by atoms with Crippen LogP contribution in [0.5, 0.6) is 5.75 Å². The lowest BCUT2D eigenvalue weighted by Crippen LogP contribution is -2.33. The highest BCUT2D eigenvalue weighted by molar-refractivity contribution is 5.91. The maximum absolute atomic E-state index is 12.7. The number of nitrogens with zero attached hydrogens (tertiary/aromatic N) is 3. The fraction of sp³-hybridized carbons (Fsp3) is 0.611. The zero-order chi connectivity index (χ0) is 18.4. The number of amides is 1. The molecule has 1 N–H and O–H groups in total. The van der Waals surface area contributed by atoms with Crippen molar-refractivity contribution < 1.29 is 19.4 Å². The molecule has 1 aliphatic carbocycles. The first-order chi connectivity index (χ1) is 11.7. The minimum Gasteiger partial charge on any atom is -0.485 e. The molecule has 1 aliphatic heterocycles. The lowest BCUT2D eigenvalue weighted by molar-refractivity contribution is -0.141. The number of carbonyl (C=O) groups excluding carboxylic acids is 1. The Kier molecular flexibility index (Phi) is 4.34. The van der Waals surface area contributed by atoms with Crippen molar-refractivity contribution in [2.45, 2.75) is 26.4 Å². The maximum Gasteiger partial charge on any atom is 0.307 e. The Labute approximate surface area is 147 Å². The molecule has 25 heavy (non-hydrogen) atoms. The number of ether oxygens (including phenoxy) is 1. The van der Waals surface area contributed by atoms with E-state index in [4.69, 9.17) is 4.74 Å². The van der Waals surface area contributed by atoms with Gasteiger partial charge >= 0.3 is 5.97 Å². The van der Waals surface area contributed by atoms with Gasteiger partial charge in [0.2, 0.25) is 5.91 Å². The van der Waals surface area contributed by atoms with Gasteiger partial charge in [0, 0.05) is 33.3 Å². The molecular formula is C18H25N3O4. The molecule has 7 nitrogen and oxygen atoms in total. The van der Waals surface area contributed by atoms with Gasteiger partial charge in [-0.1, -0.05) is 13.8 Å². The fourth-order valence-electron chi connectivity index (χ4n) is 3.77. The van der Waals surface area contributed by atoms with E-state index < -0.39 is 23.2 Å². The zero-order valence-electron chi connectivity index (χ0n) is 15.1. The second-order valence-corrected chi connectivity index (χ2v) is 7.65. The van der Waals surface area contributed by atoms with Crippen molar-refractivity contribution in [3.63, 3.8) is 0 Å². The van der Waals surface area contributed by atoms with Crippen molar-refractivity contribution in [3.05, 3.63) is 18.3 Å². The highest BCUT2D eigenvalue weighted by Gasteiger charge is 2.66. The number of carboxylic acids is 1. The molecule has 7 heteroatoms. The first-order valence-electron chi connectivity index (χ1n) is 8.54. The van der Waals surface area contributed by atoms with Crippen LogP contribution in [0.4, 0.5) is 5.82 Å². The van der Waals surface area contributed by atoms with Crippen molar-refractivity contribution in [1.82, 2.24) is 9.88 Å². The molecule has 1 saturated carbocycles. The molecule has 0 spiro atoms. The maximum atomic E-state index is 12.7. The number of hydrogen-bond donors (Lipinski definition) is 1. The van der Waals surface area contributed by atoms with E-state index in [0.29, 0.717) is 18.8 Å². The second-order valence-electron chi connectivity index (χ2n) is 7.65. The number of anilines is 1. The van der Waals surface area contributed by atoms with Crippen LogP contribution in [0.3, 0.4) is 0 Å². The third kappa shape index (κ3) is 3.15. The van der Waals surface area contributed by atoms with Gasteiger partial charge in [-0.15, -0.1) is 0 Å².